The molecular weight excluding hydrogens is 539 g/mol. The molecule has 0 atom stereocenters. The van der Waals surface area contributed by atoms with E-state index in [2.05, 4.69) is 11.8 Å². The number of benzene rings is 1. The van der Waals surface area contributed by atoms with Crippen molar-refractivity contribution in [3.05, 3.63) is 21.3 Å². The van der Waals surface area contributed by atoms with Gasteiger partial charge >= 0.3 is 136 Å². The zero-order valence-corrected chi connectivity index (χ0v) is 16.1. The number of aliphatic hydroxyl groups excluding tert-OH is 1. The summed E-state index contributed by atoms with van der Waals surface area (Å²) in [5.41, 5.74) is 0.829. The number of aliphatic hydroxyl groups is 1. The predicted octanol–water partition coefficient (Wildman–Crippen LogP) is -0.128. The molecule has 0 radical (unpaired) electrons. The Bertz CT molecular complexity index is 482. The van der Waals surface area contributed by atoms with Crippen molar-refractivity contribution in [2.24, 2.45) is 0 Å². The van der Waals surface area contributed by atoms with Gasteiger partial charge in [-0.3, -0.25) is 0 Å². The Morgan fingerprint density at radius 1 is 1.44 bits per heavy atom. The summed E-state index contributed by atoms with van der Waals surface area (Å²) >= 11 is 2.55. The number of esters is 1. The molecule has 1 aromatic rings. The number of halogens is 1. The van der Waals surface area contributed by atoms with Crippen LogP contribution in [0.3, 0.4) is 0 Å². The second-order valence-electron chi connectivity index (χ2n) is 3.36. The molecule has 2 N–H and O–H groups in total. The van der Waals surface area contributed by atoms with Crippen molar-refractivity contribution < 1.29 is 19.7 Å². The number of hydrogen-bond acceptors (Lipinski definition) is 4. The second kappa shape index (κ2) is 7.96. The van der Waals surface area contributed by atoms with E-state index in [4.69, 9.17) is 9.84 Å². The fourth-order valence-electron chi connectivity index (χ4n) is 1.22. The van der Waals surface area contributed by atoms with Crippen molar-refractivity contribution in [3.63, 3.8) is 0 Å². The van der Waals surface area contributed by atoms with Crippen LogP contribution in [-0.4, -0.2) is 55.2 Å². The van der Waals surface area contributed by atoms with Crippen molar-refractivity contribution in [1.29, 1.82) is 0 Å². The van der Waals surface area contributed by atoms with Gasteiger partial charge in [0.25, 0.3) is 0 Å². The molecule has 4 nitrogen and oxygen atoms in total. The van der Waals surface area contributed by atoms with Crippen LogP contribution < -0.4 is 3.12 Å². The van der Waals surface area contributed by atoms with E-state index in [1.165, 1.54) is 0 Å². The molecule has 92 valence electrons. The van der Waals surface area contributed by atoms with Gasteiger partial charge in [-0.1, -0.05) is 0 Å². The topological polar surface area (TPSA) is 66.8 Å². The first-order chi connectivity index (χ1) is 8.54. The van der Waals surface area contributed by atoms with Gasteiger partial charge in [0.05, 0.1) is 0 Å². The Kier molecular flexibility index (Phi) is 6.95. The molecule has 0 aliphatic rings. The molecule has 0 aliphatic carbocycles. The molecule has 0 aromatic heterocycles. The molecule has 0 bridgehead atoms. The van der Waals surface area contributed by atoms with Gasteiger partial charge < -0.3 is 0 Å². The van der Waals surface area contributed by atoms with Crippen LogP contribution in [0.15, 0.2) is 12.1 Å². The zero-order valence-electron chi connectivity index (χ0n) is 9.44. The number of phenols is 1. The molecule has 0 saturated heterocycles. The summed E-state index contributed by atoms with van der Waals surface area (Å²) in [5.74, 6) is 4.85. The predicted molar refractivity (Wildman–Crippen MR) is 75.7 cm³/mol. The van der Waals surface area contributed by atoms with Crippen LogP contribution in [0.25, 0.3) is 0 Å². The van der Waals surface area contributed by atoms with E-state index in [0.29, 0.717) is 31.5 Å². The van der Waals surface area contributed by atoms with Gasteiger partial charge in [-0.15, -0.1) is 0 Å². The van der Waals surface area contributed by atoms with E-state index in [-0.39, 0.29) is 25.6 Å². The van der Waals surface area contributed by atoms with Crippen LogP contribution in [0.1, 0.15) is 5.56 Å². The van der Waals surface area contributed by atoms with E-state index in [9.17, 15) is 9.90 Å². The first kappa shape index (κ1) is 15.7. The molecular formula is C12H10IO4Tl. The number of carbonyl (C=O) groups is 1. The fraction of sp³-hybridized carbons (Fsp3) is 0.250. The summed E-state index contributed by atoms with van der Waals surface area (Å²) in [6.07, 6.45) is 0.163. The van der Waals surface area contributed by atoms with Crippen LogP contribution in [0.4, 0.5) is 0 Å². The monoisotopic (exact) mass is 550 g/mol. The van der Waals surface area contributed by atoms with Crippen molar-refractivity contribution in [1.82, 2.24) is 0 Å². The molecule has 18 heavy (non-hydrogen) atoms. The Morgan fingerprint density at radius 3 is 2.78 bits per heavy atom. The third-order valence-electron chi connectivity index (χ3n) is 2.01. The molecule has 1 aromatic carbocycles. The fourth-order valence-corrected chi connectivity index (χ4v) is 4.51. The molecule has 0 spiro atoms. The Hall–Kier alpha value is -0.338. The van der Waals surface area contributed by atoms with E-state index in [1.807, 2.05) is 28.7 Å². The number of rotatable bonds is 3. The number of aromatic hydroxyl groups is 1. The standard InChI is InChI=1S/C12H10IO4.Tl/c13-10-7-9(3-4-11(10)15)8-12(16)17-6-2-1-5-14;/h3,7,14-15H,5-6,8H2;. The minimum absolute atomic E-state index is 0.00987. The van der Waals surface area contributed by atoms with Gasteiger partial charge in [-0.25, -0.2) is 0 Å². The van der Waals surface area contributed by atoms with Crippen LogP contribution in [0, 0.1) is 15.4 Å². The van der Waals surface area contributed by atoms with Gasteiger partial charge in [-0.05, 0) is 0 Å². The van der Waals surface area contributed by atoms with E-state index in [0.717, 1.165) is 12.3 Å². The molecule has 0 saturated carbocycles. The summed E-state index contributed by atoms with van der Waals surface area (Å²) in [5, 5.41) is 18.1. The summed E-state index contributed by atoms with van der Waals surface area (Å²) in [4.78, 5) is 11.5. The molecule has 0 heterocycles. The maximum absolute atomic E-state index is 11.5. The van der Waals surface area contributed by atoms with Crippen LogP contribution in [0.5, 0.6) is 5.75 Å². The van der Waals surface area contributed by atoms with Gasteiger partial charge in [0.2, 0.25) is 0 Å². The minimum atomic E-state index is -0.367. The first-order valence-electron chi connectivity index (χ1n) is 5.03. The van der Waals surface area contributed by atoms with Gasteiger partial charge in [0.15, 0.2) is 0 Å². The van der Waals surface area contributed by atoms with Gasteiger partial charge in [-0.2, -0.15) is 0 Å². The number of ether oxygens (including phenoxy) is 1. The summed E-state index contributed by atoms with van der Waals surface area (Å²) in [6, 6.07) is 3.59. The average Bonchev–Trinajstić information content (AvgIpc) is 2.31. The van der Waals surface area contributed by atoms with E-state index >= 15 is 0 Å². The first-order valence-corrected chi connectivity index (χ1v) is 8.36. The van der Waals surface area contributed by atoms with Crippen LogP contribution in [0.2, 0.25) is 0 Å². The molecule has 6 heteroatoms. The quantitative estimate of drug-likeness (QED) is 0.239. The van der Waals surface area contributed by atoms with Crippen molar-refractivity contribution in [2.75, 3.05) is 13.2 Å². The SMILES string of the molecule is O=C(Cc1cc(I)c(O)[c]([Tl])c1)OCC#CCO. The van der Waals surface area contributed by atoms with E-state index in [1.54, 1.807) is 6.07 Å². The average molecular weight is 549 g/mol. The third-order valence-corrected chi connectivity index (χ3v) is 4.54. The van der Waals surface area contributed by atoms with Gasteiger partial charge in [0, 0.05) is 0 Å². The summed E-state index contributed by atoms with van der Waals surface area (Å²) < 4.78 is 6.52. The van der Waals surface area contributed by atoms with E-state index < -0.39 is 0 Å². The van der Waals surface area contributed by atoms with Crippen LogP contribution >= 0.6 is 22.6 Å². The zero-order chi connectivity index (χ0) is 13.5. The second-order valence-corrected chi connectivity index (χ2v) is 6.94. The summed E-state index contributed by atoms with van der Waals surface area (Å²) in [7, 11) is 0. The molecule has 0 unspecified atom stereocenters. The molecule has 0 aliphatic heterocycles. The number of hydrogen-bond donors (Lipinski definition) is 2. The number of carbonyl (C=O) groups excluding carboxylic acids is 1. The Balaban J connectivity index is 2.60. The molecule has 0 fully saturated rings. The normalized spacial score (nSPS) is 9.39. The van der Waals surface area contributed by atoms with Crippen molar-refractivity contribution in [2.45, 2.75) is 6.42 Å². The van der Waals surface area contributed by atoms with Crippen LogP contribution in [-0.2, 0) is 16.0 Å². The number of phenolic OH excluding ortho intramolecular Hbond substituents is 1. The van der Waals surface area contributed by atoms with Gasteiger partial charge in [0.1, 0.15) is 0 Å². The van der Waals surface area contributed by atoms with Crippen molar-refractivity contribution >= 4 is 57.5 Å². The molecule has 1 rings (SSSR count). The Labute approximate surface area is 135 Å². The Morgan fingerprint density at radius 2 is 2.17 bits per heavy atom. The third kappa shape index (κ3) is 5.11. The molecule has 0 amide bonds. The van der Waals surface area contributed by atoms with Crippen molar-refractivity contribution in [3.8, 4) is 17.6 Å². The maximum atomic E-state index is 11.5. The summed E-state index contributed by atoms with van der Waals surface area (Å²) in [6.45, 7) is -0.248.